The van der Waals surface area contributed by atoms with Gasteiger partial charge in [-0.1, -0.05) is 71.9 Å². The first-order valence-corrected chi connectivity index (χ1v) is 10.7. The van der Waals surface area contributed by atoms with Crippen LogP contribution in [0.25, 0.3) is 0 Å². The van der Waals surface area contributed by atoms with Crippen molar-refractivity contribution < 1.29 is 8.42 Å². The van der Waals surface area contributed by atoms with Gasteiger partial charge < -0.3 is 0 Å². The lowest BCUT2D eigenvalue weighted by molar-refractivity contribution is 0.588. The highest BCUT2D eigenvalue weighted by Crippen LogP contribution is 2.37. The van der Waals surface area contributed by atoms with Gasteiger partial charge in [-0.15, -0.1) is 0 Å². The number of para-hydroxylation sites is 1. The summed E-state index contributed by atoms with van der Waals surface area (Å²) in [6.07, 6.45) is 0. The minimum atomic E-state index is -3.65. The Morgan fingerprint density at radius 2 is 1.23 bits per heavy atom. The van der Waals surface area contributed by atoms with E-state index in [2.05, 4.69) is 53.7 Å². The SMILES string of the molecule is CC(C)c1cc(C(C)C)c(S(=O)(=O)N(C)c2ccccc2)c(C(C)C)c1. The average Bonchev–Trinajstić information content (AvgIpc) is 2.60. The van der Waals surface area contributed by atoms with E-state index in [1.165, 1.54) is 9.87 Å². The van der Waals surface area contributed by atoms with Crippen molar-refractivity contribution in [2.75, 3.05) is 11.4 Å². The molecule has 0 aromatic heterocycles. The molecule has 4 heteroatoms. The number of hydrogen-bond donors (Lipinski definition) is 0. The van der Waals surface area contributed by atoms with Crippen molar-refractivity contribution in [1.29, 1.82) is 0 Å². The lowest BCUT2D eigenvalue weighted by atomic mass is 9.89. The number of benzene rings is 2. The van der Waals surface area contributed by atoms with E-state index in [1.54, 1.807) is 7.05 Å². The van der Waals surface area contributed by atoms with Crippen LogP contribution in [-0.4, -0.2) is 15.5 Å². The zero-order valence-corrected chi connectivity index (χ0v) is 17.8. The molecule has 0 amide bonds. The molecular weight excluding hydrogens is 342 g/mol. The zero-order chi connectivity index (χ0) is 19.6. The molecule has 2 aromatic rings. The first-order valence-electron chi connectivity index (χ1n) is 9.29. The fourth-order valence-corrected chi connectivity index (χ4v) is 4.96. The molecule has 0 aliphatic carbocycles. The highest BCUT2D eigenvalue weighted by molar-refractivity contribution is 7.93. The molecule has 0 atom stereocenters. The molecule has 0 saturated carbocycles. The quantitative estimate of drug-likeness (QED) is 0.634. The summed E-state index contributed by atoms with van der Waals surface area (Å²) in [5.41, 5.74) is 3.67. The van der Waals surface area contributed by atoms with Crippen molar-refractivity contribution in [3.05, 3.63) is 59.2 Å². The van der Waals surface area contributed by atoms with E-state index in [0.29, 0.717) is 16.5 Å². The van der Waals surface area contributed by atoms with Crippen LogP contribution in [0.15, 0.2) is 47.4 Å². The van der Waals surface area contributed by atoms with Crippen molar-refractivity contribution in [2.24, 2.45) is 0 Å². The number of anilines is 1. The lowest BCUT2D eigenvalue weighted by Crippen LogP contribution is -2.29. The van der Waals surface area contributed by atoms with Crippen LogP contribution >= 0.6 is 0 Å². The van der Waals surface area contributed by atoms with Crippen molar-refractivity contribution in [2.45, 2.75) is 64.2 Å². The van der Waals surface area contributed by atoms with Crippen LogP contribution in [0.1, 0.15) is 76.0 Å². The van der Waals surface area contributed by atoms with Crippen LogP contribution in [-0.2, 0) is 10.0 Å². The van der Waals surface area contributed by atoms with Crippen LogP contribution in [0.3, 0.4) is 0 Å². The Bertz CT molecular complexity index is 824. The van der Waals surface area contributed by atoms with Gasteiger partial charge in [-0.3, -0.25) is 4.31 Å². The Balaban J connectivity index is 2.77. The third-order valence-electron chi connectivity index (χ3n) is 4.82. The molecule has 0 saturated heterocycles. The predicted octanol–water partition coefficient (Wildman–Crippen LogP) is 5.88. The van der Waals surface area contributed by atoms with E-state index < -0.39 is 10.0 Å². The maximum atomic E-state index is 13.6. The summed E-state index contributed by atoms with van der Waals surface area (Å²) < 4.78 is 28.6. The number of hydrogen-bond acceptors (Lipinski definition) is 2. The number of sulfonamides is 1. The number of rotatable bonds is 6. The lowest BCUT2D eigenvalue weighted by Gasteiger charge is -2.27. The van der Waals surface area contributed by atoms with E-state index in [1.807, 2.05) is 30.3 Å². The molecule has 0 heterocycles. The smallest absolute Gasteiger partial charge is 0.264 e. The first kappa shape index (κ1) is 20.5. The highest BCUT2D eigenvalue weighted by atomic mass is 32.2. The normalized spacial score (nSPS) is 12.2. The van der Waals surface area contributed by atoms with Crippen LogP contribution < -0.4 is 4.31 Å². The molecule has 0 radical (unpaired) electrons. The van der Waals surface area contributed by atoms with Gasteiger partial charge in [-0.2, -0.15) is 0 Å². The summed E-state index contributed by atoms with van der Waals surface area (Å²) in [5.74, 6) is 0.605. The molecule has 0 bridgehead atoms. The summed E-state index contributed by atoms with van der Waals surface area (Å²) >= 11 is 0. The summed E-state index contributed by atoms with van der Waals surface area (Å²) in [4.78, 5) is 0.471. The summed E-state index contributed by atoms with van der Waals surface area (Å²) in [7, 11) is -2.02. The van der Waals surface area contributed by atoms with E-state index in [9.17, 15) is 8.42 Å². The van der Waals surface area contributed by atoms with Crippen LogP contribution in [0, 0.1) is 0 Å². The summed E-state index contributed by atoms with van der Waals surface area (Å²) in [6, 6.07) is 13.4. The van der Waals surface area contributed by atoms with Crippen molar-refractivity contribution in [1.82, 2.24) is 0 Å². The van der Waals surface area contributed by atoms with Crippen LogP contribution in [0.4, 0.5) is 5.69 Å². The molecule has 0 fully saturated rings. The van der Waals surface area contributed by atoms with Crippen molar-refractivity contribution in [3.8, 4) is 0 Å². The van der Waals surface area contributed by atoms with E-state index in [0.717, 1.165) is 11.1 Å². The Hall–Kier alpha value is -1.81. The fraction of sp³-hybridized carbons (Fsp3) is 0.455. The van der Waals surface area contributed by atoms with Gasteiger partial charge in [0.05, 0.1) is 10.6 Å². The van der Waals surface area contributed by atoms with Gasteiger partial charge in [0.2, 0.25) is 0 Å². The van der Waals surface area contributed by atoms with Gasteiger partial charge in [-0.25, -0.2) is 8.42 Å². The third-order valence-corrected chi connectivity index (χ3v) is 6.74. The van der Waals surface area contributed by atoms with E-state index in [-0.39, 0.29) is 11.8 Å². The van der Waals surface area contributed by atoms with E-state index in [4.69, 9.17) is 0 Å². The molecule has 0 N–H and O–H groups in total. The van der Waals surface area contributed by atoms with E-state index >= 15 is 0 Å². The Morgan fingerprint density at radius 1 is 0.769 bits per heavy atom. The van der Waals surface area contributed by atoms with Gasteiger partial charge in [0.15, 0.2) is 0 Å². The molecule has 0 unspecified atom stereocenters. The minimum absolute atomic E-state index is 0.125. The molecule has 3 nitrogen and oxygen atoms in total. The molecule has 26 heavy (non-hydrogen) atoms. The van der Waals surface area contributed by atoms with Gasteiger partial charge in [0.1, 0.15) is 0 Å². The minimum Gasteiger partial charge on any atom is -0.269 e. The zero-order valence-electron chi connectivity index (χ0n) is 16.9. The summed E-state index contributed by atoms with van der Waals surface area (Å²) in [6.45, 7) is 12.5. The summed E-state index contributed by atoms with van der Waals surface area (Å²) in [5, 5.41) is 0. The van der Waals surface area contributed by atoms with Gasteiger partial charge in [-0.05, 0) is 46.6 Å². The second kappa shape index (κ2) is 7.83. The maximum absolute atomic E-state index is 13.6. The van der Waals surface area contributed by atoms with Gasteiger partial charge in [0, 0.05) is 7.05 Å². The second-order valence-electron chi connectivity index (χ2n) is 7.80. The standard InChI is InChI=1S/C22H31NO2S/c1-15(2)18-13-20(16(3)4)22(21(14-18)17(5)6)26(24,25)23(7)19-11-9-8-10-12-19/h8-17H,1-7H3. The fourth-order valence-electron chi connectivity index (χ4n) is 3.10. The molecule has 142 valence electrons. The van der Waals surface area contributed by atoms with Gasteiger partial charge in [0.25, 0.3) is 10.0 Å². The predicted molar refractivity (Wildman–Crippen MR) is 111 cm³/mol. The molecular formula is C22H31NO2S. The van der Waals surface area contributed by atoms with Gasteiger partial charge >= 0.3 is 0 Å². The maximum Gasteiger partial charge on any atom is 0.264 e. The molecule has 0 aliphatic rings. The third kappa shape index (κ3) is 3.96. The molecule has 0 spiro atoms. The van der Waals surface area contributed by atoms with Crippen molar-refractivity contribution >= 4 is 15.7 Å². The number of nitrogens with zero attached hydrogens (tertiary/aromatic N) is 1. The largest absolute Gasteiger partial charge is 0.269 e. The van der Waals surface area contributed by atoms with Crippen LogP contribution in [0.5, 0.6) is 0 Å². The molecule has 2 rings (SSSR count). The Morgan fingerprint density at radius 3 is 1.62 bits per heavy atom. The monoisotopic (exact) mass is 373 g/mol. The topological polar surface area (TPSA) is 37.4 Å². The Labute approximate surface area is 159 Å². The molecule has 2 aromatic carbocycles. The first-order chi connectivity index (χ1) is 12.1. The second-order valence-corrected chi connectivity index (χ2v) is 9.71. The Kier molecular flexibility index (Phi) is 6.17. The molecule has 0 aliphatic heterocycles. The highest BCUT2D eigenvalue weighted by Gasteiger charge is 2.30. The average molecular weight is 374 g/mol. The van der Waals surface area contributed by atoms with Crippen molar-refractivity contribution in [3.63, 3.8) is 0 Å². The van der Waals surface area contributed by atoms with Crippen LogP contribution in [0.2, 0.25) is 0 Å².